The van der Waals surface area contributed by atoms with E-state index >= 15 is 0 Å². The number of nitrogens with one attached hydrogen (secondary N) is 2. The number of nitrogens with zero attached hydrogens (tertiary/aromatic N) is 2. The molecule has 0 radical (unpaired) electrons. The summed E-state index contributed by atoms with van der Waals surface area (Å²) in [4.78, 5) is 36.8. The van der Waals surface area contributed by atoms with Gasteiger partial charge in [0.05, 0.1) is 0 Å². The Kier molecular flexibility index (Phi) is 5.53. The minimum atomic E-state index is -1.08. The first-order valence-corrected chi connectivity index (χ1v) is 11.1. The minimum absolute atomic E-state index is 0.0113. The maximum Gasteiger partial charge on any atom is 0.412 e. The van der Waals surface area contributed by atoms with Gasteiger partial charge in [0.25, 0.3) is 5.91 Å². The molecule has 2 aliphatic carbocycles. The number of amides is 2. The molecule has 9 nitrogen and oxygen atoms in total. The molecule has 1 atom stereocenters. The van der Waals surface area contributed by atoms with Gasteiger partial charge >= 0.3 is 12.1 Å². The average Bonchev–Trinajstić information content (AvgIpc) is 3.52. The largest absolute Gasteiger partial charge is 0.480 e. The van der Waals surface area contributed by atoms with E-state index < -0.39 is 24.0 Å². The number of hydrogen-bond acceptors (Lipinski definition) is 5. The molecule has 3 N–H and O–H groups in total. The van der Waals surface area contributed by atoms with Gasteiger partial charge in [0, 0.05) is 19.2 Å². The predicted octanol–water partition coefficient (Wildman–Crippen LogP) is 3.37. The number of carbonyl (C=O) groups excluding carboxylic acids is 2. The van der Waals surface area contributed by atoms with E-state index in [0.717, 1.165) is 35.1 Å². The maximum atomic E-state index is 12.7. The van der Waals surface area contributed by atoms with Crippen LogP contribution in [0.4, 0.5) is 10.6 Å². The van der Waals surface area contributed by atoms with Crippen molar-refractivity contribution in [1.29, 1.82) is 0 Å². The van der Waals surface area contributed by atoms with Gasteiger partial charge < -0.3 is 15.2 Å². The Morgan fingerprint density at radius 1 is 1.09 bits per heavy atom. The van der Waals surface area contributed by atoms with Gasteiger partial charge in [-0.3, -0.25) is 14.8 Å². The molecule has 5 rings (SSSR count). The normalized spacial score (nSPS) is 15.2. The summed E-state index contributed by atoms with van der Waals surface area (Å²) in [6, 6.07) is 15.1. The number of carboxylic acid groups (broad SMARTS) is 1. The van der Waals surface area contributed by atoms with Crippen LogP contribution in [0.5, 0.6) is 0 Å². The molecule has 34 heavy (non-hydrogen) atoms. The topological polar surface area (TPSA) is 123 Å². The summed E-state index contributed by atoms with van der Waals surface area (Å²) in [5.41, 5.74) is 4.50. The second kappa shape index (κ2) is 8.66. The van der Waals surface area contributed by atoms with Crippen molar-refractivity contribution < 1.29 is 24.2 Å². The molecule has 2 aromatic carbocycles. The molecule has 1 aromatic heterocycles. The third-order valence-electron chi connectivity index (χ3n) is 6.28. The molecule has 1 unspecified atom stereocenters. The number of benzene rings is 2. The van der Waals surface area contributed by atoms with Crippen molar-refractivity contribution >= 4 is 23.8 Å². The van der Waals surface area contributed by atoms with Crippen LogP contribution in [0.25, 0.3) is 11.1 Å². The van der Waals surface area contributed by atoms with E-state index in [-0.39, 0.29) is 29.8 Å². The Bertz CT molecular complexity index is 1230. The number of hydrogen-bond donors (Lipinski definition) is 3. The third kappa shape index (κ3) is 4.12. The highest BCUT2D eigenvalue weighted by molar-refractivity contribution is 6.02. The van der Waals surface area contributed by atoms with Gasteiger partial charge in [0.15, 0.2) is 5.82 Å². The van der Waals surface area contributed by atoms with Crippen LogP contribution in [0.3, 0.4) is 0 Å². The van der Waals surface area contributed by atoms with Crippen LogP contribution >= 0.6 is 0 Å². The second-order valence-corrected chi connectivity index (χ2v) is 8.64. The highest BCUT2D eigenvalue weighted by Gasteiger charge is 2.38. The van der Waals surface area contributed by atoms with Crippen LogP contribution in [0, 0.1) is 5.92 Å². The van der Waals surface area contributed by atoms with Crippen molar-refractivity contribution in [3.8, 4) is 11.1 Å². The zero-order chi connectivity index (χ0) is 23.8. The fraction of sp³-hybridized carbons (Fsp3) is 0.280. The zero-order valence-electron chi connectivity index (χ0n) is 18.5. The zero-order valence-corrected chi connectivity index (χ0v) is 18.5. The van der Waals surface area contributed by atoms with E-state index in [1.54, 1.807) is 7.05 Å². The molecule has 3 aromatic rings. The fourth-order valence-corrected chi connectivity index (χ4v) is 4.51. The first-order valence-electron chi connectivity index (χ1n) is 11.1. The first kappa shape index (κ1) is 21.7. The molecular formula is C25H24N4O5. The maximum absolute atomic E-state index is 12.7. The number of anilines is 1. The molecule has 1 fully saturated rings. The van der Waals surface area contributed by atoms with Crippen LogP contribution < -0.4 is 10.6 Å². The number of aliphatic carboxylic acids is 1. The lowest BCUT2D eigenvalue weighted by molar-refractivity contribution is -0.139. The highest BCUT2D eigenvalue weighted by Crippen LogP contribution is 2.44. The molecule has 174 valence electrons. The van der Waals surface area contributed by atoms with Crippen LogP contribution in [0.1, 0.15) is 40.2 Å². The van der Waals surface area contributed by atoms with Crippen molar-refractivity contribution in [2.45, 2.75) is 24.8 Å². The highest BCUT2D eigenvalue weighted by atomic mass is 16.5. The molecule has 0 saturated heterocycles. The monoisotopic (exact) mass is 460 g/mol. The molecule has 1 heterocycles. The number of fused-ring (bicyclic) bond motifs is 3. The van der Waals surface area contributed by atoms with Crippen molar-refractivity contribution in [1.82, 2.24) is 15.1 Å². The second-order valence-electron chi connectivity index (χ2n) is 8.64. The van der Waals surface area contributed by atoms with Crippen molar-refractivity contribution in [3.63, 3.8) is 0 Å². The van der Waals surface area contributed by atoms with Crippen molar-refractivity contribution in [2.75, 3.05) is 11.9 Å². The lowest BCUT2D eigenvalue weighted by atomic mass is 9.98. The van der Waals surface area contributed by atoms with Gasteiger partial charge in [-0.15, -0.1) is 0 Å². The standard InChI is InChI=1S/C25H24N4O5/c1-29-12-19(23(30)26-21(24(31)32)14-10-11-14)22(28-29)27-25(33)34-13-20-17-8-4-2-6-15(17)16-7-3-5-9-18(16)20/h2-9,12,14,20-21H,10-11,13H2,1H3,(H,26,30)(H,31,32)(H,27,28,33). The van der Waals surface area contributed by atoms with Gasteiger partial charge in [-0.2, -0.15) is 5.10 Å². The van der Waals surface area contributed by atoms with Crippen LogP contribution in [0.15, 0.2) is 54.7 Å². The Morgan fingerprint density at radius 2 is 1.71 bits per heavy atom. The van der Waals surface area contributed by atoms with E-state index in [4.69, 9.17) is 4.74 Å². The lowest BCUT2D eigenvalue weighted by Crippen LogP contribution is -2.42. The number of aryl methyl sites for hydroxylation is 1. The fourth-order valence-electron chi connectivity index (χ4n) is 4.51. The Hall–Kier alpha value is -4.14. The number of ether oxygens (including phenoxy) is 1. The Labute approximate surface area is 195 Å². The summed E-state index contributed by atoms with van der Waals surface area (Å²) in [5, 5.41) is 18.6. The van der Waals surface area contributed by atoms with Gasteiger partial charge in [0.2, 0.25) is 0 Å². The van der Waals surface area contributed by atoms with E-state index in [1.807, 2.05) is 36.4 Å². The van der Waals surface area contributed by atoms with Crippen molar-refractivity contribution in [3.05, 3.63) is 71.4 Å². The molecule has 2 amide bonds. The summed E-state index contributed by atoms with van der Waals surface area (Å²) < 4.78 is 6.91. The number of carboxylic acids is 1. The van der Waals surface area contributed by atoms with Gasteiger partial charge in [0.1, 0.15) is 18.2 Å². The minimum Gasteiger partial charge on any atom is -0.480 e. The van der Waals surface area contributed by atoms with E-state index in [2.05, 4.69) is 27.9 Å². The van der Waals surface area contributed by atoms with Gasteiger partial charge in [-0.05, 0) is 41.0 Å². The Balaban J connectivity index is 1.27. The average molecular weight is 460 g/mol. The summed E-state index contributed by atoms with van der Waals surface area (Å²) in [7, 11) is 1.61. The van der Waals surface area contributed by atoms with Crippen LogP contribution in [-0.4, -0.2) is 45.5 Å². The number of aromatic nitrogens is 2. The lowest BCUT2D eigenvalue weighted by Gasteiger charge is -2.15. The molecule has 0 spiro atoms. The van der Waals surface area contributed by atoms with Gasteiger partial charge in [-0.1, -0.05) is 48.5 Å². The van der Waals surface area contributed by atoms with Crippen molar-refractivity contribution in [2.24, 2.45) is 13.0 Å². The van der Waals surface area contributed by atoms with Gasteiger partial charge in [-0.25, -0.2) is 9.59 Å². The Morgan fingerprint density at radius 3 is 2.29 bits per heavy atom. The van der Waals surface area contributed by atoms with E-state index in [0.29, 0.717) is 0 Å². The molecule has 0 aliphatic heterocycles. The number of carbonyl (C=O) groups is 3. The smallest absolute Gasteiger partial charge is 0.412 e. The molecule has 0 bridgehead atoms. The van der Waals surface area contributed by atoms with Crippen LogP contribution in [0.2, 0.25) is 0 Å². The summed E-state index contributed by atoms with van der Waals surface area (Å²) in [6.07, 6.45) is 2.21. The molecule has 1 saturated carbocycles. The summed E-state index contributed by atoms with van der Waals surface area (Å²) in [5.74, 6) is -1.85. The van der Waals surface area contributed by atoms with E-state index in [9.17, 15) is 19.5 Å². The summed E-state index contributed by atoms with van der Waals surface area (Å²) >= 11 is 0. The molecular weight excluding hydrogens is 436 g/mol. The SMILES string of the molecule is Cn1cc(C(=O)NC(C(=O)O)C2CC2)c(NC(=O)OCC2c3ccccc3-c3ccccc32)n1. The quantitative estimate of drug-likeness (QED) is 0.497. The molecule has 2 aliphatic rings. The van der Waals surface area contributed by atoms with E-state index in [1.165, 1.54) is 10.9 Å². The van der Waals surface area contributed by atoms with Crippen LogP contribution in [-0.2, 0) is 16.6 Å². The molecule has 9 heteroatoms. The third-order valence-corrected chi connectivity index (χ3v) is 6.28. The first-order chi connectivity index (χ1) is 16.4. The predicted molar refractivity (Wildman–Crippen MR) is 124 cm³/mol. The summed E-state index contributed by atoms with van der Waals surface area (Å²) in [6.45, 7) is 0.122. The number of rotatable bonds is 7.